The number of carbonyl (C=O) groups excluding carboxylic acids is 1. The number of nitrogens with zero attached hydrogens (tertiary/aromatic N) is 2. The van der Waals surface area contributed by atoms with Gasteiger partial charge in [0.2, 0.25) is 0 Å². The monoisotopic (exact) mass is 328 g/mol. The Morgan fingerprint density at radius 1 is 1.17 bits per heavy atom. The lowest BCUT2D eigenvalue weighted by Crippen LogP contribution is -2.53. The molecule has 4 rings (SSSR count). The molecule has 1 aliphatic carbocycles. The number of fused-ring (bicyclic) bond motifs is 1. The maximum absolute atomic E-state index is 12.8. The van der Waals surface area contributed by atoms with E-state index in [4.69, 9.17) is 4.42 Å². The summed E-state index contributed by atoms with van der Waals surface area (Å²) < 4.78 is 5.81. The van der Waals surface area contributed by atoms with Crippen LogP contribution < -0.4 is 0 Å². The van der Waals surface area contributed by atoms with Crippen LogP contribution in [0.3, 0.4) is 0 Å². The van der Waals surface area contributed by atoms with Gasteiger partial charge in [-0.1, -0.05) is 18.2 Å². The molecule has 5 nitrogen and oxygen atoms in total. The first-order valence-corrected chi connectivity index (χ1v) is 8.84. The fraction of sp³-hybridized carbons (Fsp3) is 0.526. The highest BCUT2D eigenvalue weighted by atomic mass is 16.3. The van der Waals surface area contributed by atoms with Gasteiger partial charge in [0.05, 0.1) is 6.10 Å². The molecule has 0 spiro atoms. The summed E-state index contributed by atoms with van der Waals surface area (Å²) >= 11 is 0. The van der Waals surface area contributed by atoms with Crippen LogP contribution >= 0.6 is 0 Å². The van der Waals surface area contributed by atoms with E-state index in [2.05, 4.69) is 4.90 Å². The van der Waals surface area contributed by atoms with Gasteiger partial charge in [0.25, 0.3) is 5.91 Å². The van der Waals surface area contributed by atoms with Crippen molar-refractivity contribution in [2.75, 3.05) is 26.2 Å². The van der Waals surface area contributed by atoms with Gasteiger partial charge in [0.15, 0.2) is 5.76 Å². The number of hydrogen-bond acceptors (Lipinski definition) is 4. The Morgan fingerprint density at radius 3 is 2.58 bits per heavy atom. The van der Waals surface area contributed by atoms with E-state index < -0.39 is 0 Å². The number of aryl methyl sites for hydroxylation is 1. The van der Waals surface area contributed by atoms with Crippen LogP contribution in [-0.2, 0) is 0 Å². The molecule has 1 aliphatic heterocycles. The molecule has 1 amide bonds. The summed E-state index contributed by atoms with van der Waals surface area (Å²) in [6.45, 7) is 4.99. The number of hydrogen-bond donors (Lipinski definition) is 1. The summed E-state index contributed by atoms with van der Waals surface area (Å²) in [5, 5.41) is 11.1. The van der Waals surface area contributed by atoms with E-state index in [9.17, 15) is 9.90 Å². The average molecular weight is 328 g/mol. The van der Waals surface area contributed by atoms with E-state index >= 15 is 0 Å². The molecular formula is C19H24N2O3. The summed E-state index contributed by atoms with van der Waals surface area (Å²) in [5.41, 5.74) is 1.69. The van der Waals surface area contributed by atoms with E-state index in [0.29, 0.717) is 18.8 Å². The zero-order valence-electron chi connectivity index (χ0n) is 14.1. The highest BCUT2D eigenvalue weighted by Crippen LogP contribution is 2.28. The molecule has 24 heavy (non-hydrogen) atoms. The van der Waals surface area contributed by atoms with Gasteiger partial charge >= 0.3 is 0 Å². The quantitative estimate of drug-likeness (QED) is 0.920. The molecule has 1 aromatic heterocycles. The highest BCUT2D eigenvalue weighted by molar-refractivity contribution is 5.98. The molecule has 0 bridgehead atoms. The normalized spacial score (nSPS) is 25.5. The smallest absolute Gasteiger partial charge is 0.289 e. The molecule has 2 heterocycles. The van der Waals surface area contributed by atoms with Crippen molar-refractivity contribution in [3.63, 3.8) is 0 Å². The van der Waals surface area contributed by atoms with E-state index in [1.807, 2.05) is 36.1 Å². The lowest BCUT2D eigenvalue weighted by molar-refractivity contribution is 0.0302. The van der Waals surface area contributed by atoms with Crippen LogP contribution in [0.5, 0.6) is 0 Å². The van der Waals surface area contributed by atoms with Gasteiger partial charge in [0, 0.05) is 43.2 Å². The van der Waals surface area contributed by atoms with Crippen molar-refractivity contribution in [3.05, 3.63) is 35.6 Å². The Bertz CT molecular complexity index is 746. The number of aliphatic hydroxyl groups excluding tert-OH is 1. The molecular weight excluding hydrogens is 304 g/mol. The summed E-state index contributed by atoms with van der Waals surface area (Å²) in [6, 6.07) is 8.05. The average Bonchev–Trinajstić information content (AvgIpc) is 3.18. The number of amides is 1. The largest absolute Gasteiger partial charge is 0.451 e. The van der Waals surface area contributed by atoms with Crippen molar-refractivity contribution in [3.8, 4) is 0 Å². The van der Waals surface area contributed by atoms with Gasteiger partial charge in [0.1, 0.15) is 5.58 Å². The number of piperazine rings is 1. The molecule has 0 unspecified atom stereocenters. The van der Waals surface area contributed by atoms with Crippen molar-refractivity contribution < 1.29 is 14.3 Å². The zero-order valence-corrected chi connectivity index (χ0v) is 14.1. The first-order valence-electron chi connectivity index (χ1n) is 8.84. The van der Waals surface area contributed by atoms with E-state index in [-0.39, 0.29) is 18.1 Å². The molecule has 5 heteroatoms. The van der Waals surface area contributed by atoms with Crippen molar-refractivity contribution >= 4 is 16.9 Å². The number of carbonyl (C=O) groups is 1. The van der Waals surface area contributed by atoms with Crippen LogP contribution in [0.2, 0.25) is 0 Å². The van der Waals surface area contributed by atoms with Crippen LogP contribution in [0.25, 0.3) is 11.0 Å². The molecule has 2 aliphatic rings. The van der Waals surface area contributed by atoms with Crippen LogP contribution in [0.4, 0.5) is 0 Å². The topological polar surface area (TPSA) is 56.9 Å². The third-order valence-electron chi connectivity index (χ3n) is 5.55. The molecule has 2 aromatic rings. The fourth-order valence-corrected chi connectivity index (χ4v) is 4.13. The number of furan rings is 1. The summed E-state index contributed by atoms with van der Waals surface area (Å²) in [6.07, 6.45) is 2.87. The number of para-hydroxylation sites is 1. The second-order valence-corrected chi connectivity index (χ2v) is 6.95. The maximum atomic E-state index is 12.8. The van der Waals surface area contributed by atoms with Crippen molar-refractivity contribution in [1.29, 1.82) is 0 Å². The minimum Gasteiger partial charge on any atom is -0.451 e. The zero-order chi connectivity index (χ0) is 16.7. The van der Waals surface area contributed by atoms with Crippen LogP contribution in [-0.4, -0.2) is 59.1 Å². The molecule has 0 radical (unpaired) electrons. The molecule has 1 aromatic carbocycles. The highest BCUT2D eigenvalue weighted by Gasteiger charge is 2.34. The van der Waals surface area contributed by atoms with Gasteiger partial charge in [-0.05, 0) is 32.3 Å². The lowest BCUT2D eigenvalue weighted by Gasteiger charge is -2.38. The molecule has 2 fully saturated rings. The molecule has 128 valence electrons. The van der Waals surface area contributed by atoms with Crippen molar-refractivity contribution in [2.24, 2.45) is 0 Å². The van der Waals surface area contributed by atoms with Crippen molar-refractivity contribution in [2.45, 2.75) is 38.3 Å². The van der Waals surface area contributed by atoms with E-state index in [0.717, 1.165) is 48.9 Å². The molecule has 1 N–H and O–H groups in total. The third-order valence-corrected chi connectivity index (χ3v) is 5.55. The Hall–Kier alpha value is -1.85. The van der Waals surface area contributed by atoms with Gasteiger partial charge in [-0.3, -0.25) is 9.69 Å². The van der Waals surface area contributed by atoms with Crippen molar-refractivity contribution in [1.82, 2.24) is 9.80 Å². The van der Waals surface area contributed by atoms with Crippen LogP contribution in [0.15, 0.2) is 28.7 Å². The van der Waals surface area contributed by atoms with Gasteiger partial charge in [-0.2, -0.15) is 0 Å². The SMILES string of the molecule is Cc1c(C(=O)N2CCN([C@H]3CCC[C@@H]3O)CC2)oc2ccccc12. The molecule has 2 atom stereocenters. The molecule has 1 saturated carbocycles. The van der Waals surface area contributed by atoms with Crippen LogP contribution in [0, 0.1) is 6.92 Å². The third kappa shape index (κ3) is 2.62. The minimum absolute atomic E-state index is 0.0182. The fourth-order valence-electron chi connectivity index (χ4n) is 4.13. The Balaban J connectivity index is 1.47. The summed E-state index contributed by atoms with van der Waals surface area (Å²) in [4.78, 5) is 17.1. The second kappa shape index (κ2) is 6.22. The summed E-state index contributed by atoms with van der Waals surface area (Å²) in [7, 11) is 0. The lowest BCUT2D eigenvalue weighted by atomic mass is 10.1. The first kappa shape index (κ1) is 15.7. The first-order chi connectivity index (χ1) is 11.6. The standard InChI is InChI=1S/C19H24N2O3/c1-13-14-5-2-3-8-17(14)24-18(13)19(23)21-11-9-20(10-12-21)15-6-4-7-16(15)22/h2-3,5,8,15-16,22H,4,6-7,9-12H2,1H3/t15-,16-/m0/s1. The van der Waals surface area contributed by atoms with E-state index in [1.54, 1.807) is 0 Å². The van der Waals surface area contributed by atoms with Gasteiger partial charge in [-0.15, -0.1) is 0 Å². The number of benzene rings is 1. The number of rotatable bonds is 2. The van der Waals surface area contributed by atoms with Gasteiger partial charge in [-0.25, -0.2) is 0 Å². The number of aliphatic hydroxyl groups is 1. The second-order valence-electron chi connectivity index (χ2n) is 6.95. The Morgan fingerprint density at radius 2 is 1.92 bits per heavy atom. The molecule has 1 saturated heterocycles. The van der Waals surface area contributed by atoms with Gasteiger partial charge < -0.3 is 14.4 Å². The minimum atomic E-state index is -0.204. The maximum Gasteiger partial charge on any atom is 0.289 e. The Labute approximate surface area is 141 Å². The van der Waals surface area contributed by atoms with Crippen LogP contribution in [0.1, 0.15) is 35.4 Å². The predicted octanol–water partition coefficient (Wildman–Crippen LogP) is 2.41. The van der Waals surface area contributed by atoms with E-state index in [1.165, 1.54) is 0 Å². The Kier molecular flexibility index (Phi) is 4.06. The summed E-state index contributed by atoms with van der Waals surface area (Å²) in [5.74, 6) is 0.445. The predicted molar refractivity (Wildman–Crippen MR) is 92.1 cm³/mol.